The first-order valence-electron chi connectivity index (χ1n) is 11.9. The second-order valence-electron chi connectivity index (χ2n) is 10.3. The third-order valence-corrected chi connectivity index (χ3v) is 6.38. The van der Waals surface area contributed by atoms with Gasteiger partial charge in [-0.2, -0.15) is 0 Å². The van der Waals surface area contributed by atoms with Crippen LogP contribution in [0.4, 0.5) is 15.7 Å². The van der Waals surface area contributed by atoms with Gasteiger partial charge in [-0.25, -0.2) is 14.8 Å². The van der Waals surface area contributed by atoms with E-state index in [1.807, 2.05) is 70.8 Å². The number of aromatic nitrogens is 2. The zero-order valence-electron chi connectivity index (χ0n) is 21.1. The van der Waals surface area contributed by atoms with Crippen molar-refractivity contribution >= 4 is 34.3 Å². The summed E-state index contributed by atoms with van der Waals surface area (Å²) in [6.07, 6.45) is 3.53. The highest BCUT2D eigenvalue weighted by atomic mass is 32.1. The van der Waals surface area contributed by atoms with E-state index in [1.54, 1.807) is 11.3 Å². The van der Waals surface area contributed by atoms with E-state index < -0.39 is 17.7 Å². The van der Waals surface area contributed by atoms with E-state index in [9.17, 15) is 9.59 Å². The van der Waals surface area contributed by atoms with Gasteiger partial charge in [0.2, 0.25) is 5.91 Å². The summed E-state index contributed by atoms with van der Waals surface area (Å²) in [5.41, 5.74) is 0.416. The van der Waals surface area contributed by atoms with Crippen LogP contribution in [0.5, 0.6) is 0 Å². The number of nitrogens with one attached hydrogen (secondary N) is 2. The summed E-state index contributed by atoms with van der Waals surface area (Å²) in [5.74, 6) is 1.29. The molecular formula is C25H37N5O3S. The monoisotopic (exact) mass is 487 g/mol. The minimum atomic E-state index is -0.608. The molecule has 0 unspecified atom stereocenters. The number of hydrogen-bond donors (Lipinski definition) is 2. The molecule has 0 bridgehead atoms. The fourth-order valence-electron chi connectivity index (χ4n) is 4.03. The molecule has 1 fully saturated rings. The van der Waals surface area contributed by atoms with Crippen molar-refractivity contribution in [3.05, 3.63) is 35.0 Å². The van der Waals surface area contributed by atoms with Gasteiger partial charge in [0.05, 0.1) is 0 Å². The normalized spacial score (nSPS) is 15.8. The van der Waals surface area contributed by atoms with Gasteiger partial charge in [-0.15, -0.1) is 11.3 Å². The van der Waals surface area contributed by atoms with E-state index in [2.05, 4.69) is 15.6 Å². The molecule has 1 aliphatic rings. The van der Waals surface area contributed by atoms with Crippen molar-refractivity contribution in [3.8, 4) is 0 Å². The standard InChI is InChI=1S/C25H37N5O3S/c1-16(2)14-20(28-24(32)33-25(4,5)6)22(31)30-12-10-18(11-13-30)19-8-7-9-21(27-19)29-23-26-15-17(3)34-23/h7-9,15-16,18,20H,10-14H2,1-6H3,(H,28,32)(H,26,27,29)/t20-/m0/s1. The Morgan fingerprint density at radius 2 is 1.94 bits per heavy atom. The van der Waals surface area contributed by atoms with E-state index in [4.69, 9.17) is 9.72 Å². The van der Waals surface area contributed by atoms with Crippen molar-refractivity contribution in [2.45, 2.75) is 78.4 Å². The highest BCUT2D eigenvalue weighted by Gasteiger charge is 2.31. The van der Waals surface area contributed by atoms with Gasteiger partial charge >= 0.3 is 6.09 Å². The van der Waals surface area contributed by atoms with Gasteiger partial charge in [-0.3, -0.25) is 4.79 Å². The van der Waals surface area contributed by atoms with Crippen molar-refractivity contribution in [1.82, 2.24) is 20.2 Å². The predicted molar refractivity (Wildman–Crippen MR) is 136 cm³/mol. The Morgan fingerprint density at radius 1 is 1.24 bits per heavy atom. The largest absolute Gasteiger partial charge is 0.444 e. The quantitative estimate of drug-likeness (QED) is 0.555. The lowest BCUT2D eigenvalue weighted by Gasteiger charge is -2.35. The minimum absolute atomic E-state index is 0.0412. The van der Waals surface area contributed by atoms with Gasteiger partial charge in [-0.05, 0) is 65.0 Å². The summed E-state index contributed by atoms with van der Waals surface area (Å²) >= 11 is 1.60. The Bertz CT molecular complexity index is 977. The molecule has 2 N–H and O–H groups in total. The molecule has 0 spiro atoms. The zero-order chi connectivity index (χ0) is 24.9. The van der Waals surface area contributed by atoms with Crippen LogP contribution in [-0.2, 0) is 9.53 Å². The molecule has 3 heterocycles. The number of carbonyl (C=O) groups is 2. The third kappa shape index (κ3) is 7.68. The predicted octanol–water partition coefficient (Wildman–Crippen LogP) is 5.24. The van der Waals surface area contributed by atoms with Gasteiger partial charge in [0.25, 0.3) is 0 Å². The number of aryl methyl sites for hydroxylation is 1. The van der Waals surface area contributed by atoms with E-state index in [0.29, 0.717) is 19.5 Å². The maximum Gasteiger partial charge on any atom is 0.408 e. The minimum Gasteiger partial charge on any atom is -0.444 e. The number of thiazole rings is 1. The molecule has 2 aromatic heterocycles. The van der Waals surface area contributed by atoms with Crippen LogP contribution in [0, 0.1) is 12.8 Å². The molecule has 3 rings (SSSR count). The first-order chi connectivity index (χ1) is 16.0. The smallest absolute Gasteiger partial charge is 0.408 e. The van der Waals surface area contributed by atoms with Crippen molar-refractivity contribution in [3.63, 3.8) is 0 Å². The number of ether oxygens (including phenoxy) is 1. The summed E-state index contributed by atoms with van der Waals surface area (Å²) in [4.78, 5) is 37.7. The lowest BCUT2D eigenvalue weighted by molar-refractivity contribution is -0.135. The summed E-state index contributed by atoms with van der Waals surface area (Å²) < 4.78 is 5.38. The Morgan fingerprint density at radius 3 is 2.53 bits per heavy atom. The molecule has 2 aromatic rings. The number of rotatable bonds is 7. The molecule has 8 nitrogen and oxygen atoms in total. The number of likely N-dealkylation sites (tertiary alicyclic amines) is 1. The Hall–Kier alpha value is -2.68. The maximum atomic E-state index is 13.3. The van der Waals surface area contributed by atoms with Gasteiger partial charge in [-0.1, -0.05) is 19.9 Å². The molecule has 0 radical (unpaired) electrons. The summed E-state index contributed by atoms with van der Waals surface area (Å²) in [5, 5.41) is 6.91. The number of carbonyl (C=O) groups excluding carboxylic acids is 2. The summed E-state index contributed by atoms with van der Waals surface area (Å²) in [6.45, 7) is 12.8. The number of pyridine rings is 1. The molecule has 9 heteroatoms. The van der Waals surface area contributed by atoms with Crippen LogP contribution >= 0.6 is 11.3 Å². The van der Waals surface area contributed by atoms with Gasteiger partial charge < -0.3 is 20.3 Å². The van der Waals surface area contributed by atoms with Gasteiger partial charge in [0.15, 0.2) is 5.13 Å². The van der Waals surface area contributed by atoms with Gasteiger partial charge in [0.1, 0.15) is 17.5 Å². The molecule has 186 valence electrons. The van der Waals surface area contributed by atoms with Gasteiger partial charge in [0, 0.05) is 35.8 Å². The van der Waals surface area contributed by atoms with Crippen LogP contribution < -0.4 is 10.6 Å². The summed E-state index contributed by atoms with van der Waals surface area (Å²) in [6, 6.07) is 5.41. The zero-order valence-corrected chi connectivity index (χ0v) is 21.9. The number of anilines is 2. The second-order valence-corrected chi connectivity index (χ2v) is 11.5. The fourth-order valence-corrected chi connectivity index (χ4v) is 4.70. The van der Waals surface area contributed by atoms with Crippen molar-refractivity contribution < 1.29 is 14.3 Å². The van der Waals surface area contributed by atoms with E-state index in [0.717, 1.165) is 34.4 Å². The first-order valence-corrected chi connectivity index (χ1v) is 12.8. The Kier molecular flexibility index (Phi) is 8.52. The first kappa shape index (κ1) is 25.9. The molecule has 1 aliphatic heterocycles. The molecule has 34 heavy (non-hydrogen) atoms. The second kappa shape index (κ2) is 11.2. The molecule has 1 saturated heterocycles. The van der Waals surface area contributed by atoms with Crippen LogP contribution in [0.3, 0.4) is 0 Å². The number of alkyl carbamates (subject to hydrolysis) is 1. The lowest BCUT2D eigenvalue weighted by Crippen LogP contribution is -2.51. The Balaban J connectivity index is 1.59. The van der Waals surface area contributed by atoms with Crippen molar-refractivity contribution in [2.24, 2.45) is 5.92 Å². The Labute approximate surface area is 206 Å². The van der Waals surface area contributed by atoms with Crippen LogP contribution in [0.2, 0.25) is 0 Å². The van der Waals surface area contributed by atoms with E-state index >= 15 is 0 Å². The summed E-state index contributed by atoms with van der Waals surface area (Å²) in [7, 11) is 0. The highest BCUT2D eigenvalue weighted by Crippen LogP contribution is 2.29. The molecule has 0 saturated carbocycles. The van der Waals surface area contributed by atoms with Crippen LogP contribution in [0.15, 0.2) is 24.4 Å². The number of amides is 2. The van der Waals surface area contributed by atoms with Crippen LogP contribution in [-0.4, -0.2) is 51.6 Å². The van der Waals surface area contributed by atoms with Crippen molar-refractivity contribution in [1.29, 1.82) is 0 Å². The average Bonchev–Trinajstić information content (AvgIpc) is 3.16. The number of nitrogens with zero attached hydrogens (tertiary/aromatic N) is 3. The highest BCUT2D eigenvalue weighted by molar-refractivity contribution is 7.15. The number of hydrogen-bond acceptors (Lipinski definition) is 7. The van der Waals surface area contributed by atoms with E-state index in [1.165, 1.54) is 0 Å². The third-order valence-electron chi connectivity index (χ3n) is 5.55. The molecule has 2 amide bonds. The SMILES string of the molecule is Cc1cnc(Nc2cccc(C3CCN(C(=O)[C@H](CC(C)C)NC(=O)OC(C)(C)C)CC3)n2)s1. The number of piperidine rings is 1. The fraction of sp³-hybridized carbons (Fsp3) is 0.600. The maximum absolute atomic E-state index is 13.3. The topological polar surface area (TPSA) is 96.5 Å². The average molecular weight is 488 g/mol. The molecular weight excluding hydrogens is 450 g/mol. The van der Waals surface area contributed by atoms with E-state index in [-0.39, 0.29) is 17.7 Å². The van der Waals surface area contributed by atoms with Crippen LogP contribution in [0.25, 0.3) is 0 Å². The lowest BCUT2D eigenvalue weighted by atomic mass is 9.92. The molecule has 0 aromatic carbocycles. The molecule has 0 aliphatic carbocycles. The molecule has 1 atom stereocenters. The van der Waals surface area contributed by atoms with Crippen molar-refractivity contribution in [2.75, 3.05) is 18.4 Å². The van der Waals surface area contributed by atoms with Crippen LogP contribution in [0.1, 0.15) is 70.4 Å².